The first-order valence-electron chi connectivity index (χ1n) is 6.36. The van der Waals surface area contributed by atoms with Gasteiger partial charge in [-0.15, -0.1) is 0 Å². The van der Waals surface area contributed by atoms with Gasteiger partial charge in [0.15, 0.2) is 6.29 Å². The Morgan fingerprint density at radius 2 is 1.81 bits per heavy atom. The lowest BCUT2D eigenvalue weighted by molar-refractivity contribution is 0.111. The Labute approximate surface area is 137 Å². The second kappa shape index (κ2) is 7.48. The van der Waals surface area contributed by atoms with Crippen LogP contribution >= 0.6 is 27.5 Å². The van der Waals surface area contributed by atoms with Gasteiger partial charge < -0.3 is 9.47 Å². The molecule has 0 saturated carbocycles. The average Bonchev–Trinajstić information content (AvgIpc) is 2.46. The van der Waals surface area contributed by atoms with Crippen LogP contribution in [0.25, 0.3) is 0 Å². The maximum Gasteiger partial charge on any atom is 0.153 e. The molecule has 0 aliphatic carbocycles. The summed E-state index contributed by atoms with van der Waals surface area (Å²) in [5, 5.41) is 0.479. The van der Waals surface area contributed by atoms with E-state index >= 15 is 0 Å². The third-order valence-electron chi connectivity index (χ3n) is 2.78. The number of carbonyl (C=O) groups is 1. The monoisotopic (exact) mass is 368 g/mol. The van der Waals surface area contributed by atoms with E-state index in [2.05, 4.69) is 15.9 Å². The summed E-state index contributed by atoms with van der Waals surface area (Å²) in [6.45, 7) is 2.73. The minimum atomic E-state index is 0.328. The minimum absolute atomic E-state index is 0.328. The van der Waals surface area contributed by atoms with Crippen LogP contribution < -0.4 is 9.47 Å². The number of halogens is 2. The number of hydrogen-bond acceptors (Lipinski definition) is 3. The van der Waals surface area contributed by atoms with Gasteiger partial charge in [-0.05, 0) is 47.1 Å². The van der Waals surface area contributed by atoms with Gasteiger partial charge >= 0.3 is 0 Å². The van der Waals surface area contributed by atoms with E-state index in [4.69, 9.17) is 21.1 Å². The van der Waals surface area contributed by atoms with Gasteiger partial charge in [-0.3, -0.25) is 4.79 Å². The average molecular weight is 370 g/mol. The van der Waals surface area contributed by atoms with E-state index in [1.165, 1.54) is 5.56 Å². The van der Waals surface area contributed by atoms with Crippen molar-refractivity contribution in [3.8, 4) is 11.5 Å². The molecule has 0 amide bonds. The zero-order chi connectivity index (χ0) is 15.2. The third-order valence-corrected chi connectivity index (χ3v) is 3.59. The maximum absolute atomic E-state index is 11.0. The predicted molar refractivity (Wildman–Crippen MR) is 86.7 cm³/mol. The van der Waals surface area contributed by atoms with Crippen molar-refractivity contribution in [1.82, 2.24) is 0 Å². The molecule has 2 aromatic rings. The van der Waals surface area contributed by atoms with Gasteiger partial charge in [0.25, 0.3) is 0 Å². The molecule has 0 aliphatic heterocycles. The summed E-state index contributed by atoms with van der Waals surface area (Å²) < 4.78 is 11.8. The summed E-state index contributed by atoms with van der Waals surface area (Å²) in [5.41, 5.74) is 1.59. The smallest absolute Gasteiger partial charge is 0.153 e. The lowest BCUT2D eigenvalue weighted by atomic mass is 10.2. The molecule has 5 heteroatoms. The van der Waals surface area contributed by atoms with E-state index in [-0.39, 0.29) is 0 Å². The Hall–Kier alpha value is -1.52. The van der Waals surface area contributed by atoms with Crippen molar-refractivity contribution in [2.75, 3.05) is 13.2 Å². The van der Waals surface area contributed by atoms with Crippen LogP contribution in [-0.4, -0.2) is 19.5 Å². The van der Waals surface area contributed by atoms with Crippen LogP contribution in [0, 0.1) is 6.92 Å². The van der Waals surface area contributed by atoms with E-state index in [1.54, 1.807) is 12.1 Å². The fourth-order valence-electron chi connectivity index (χ4n) is 1.76. The Morgan fingerprint density at radius 3 is 2.48 bits per heavy atom. The van der Waals surface area contributed by atoms with Gasteiger partial charge in [-0.2, -0.15) is 0 Å². The van der Waals surface area contributed by atoms with Crippen molar-refractivity contribution in [3.05, 3.63) is 57.0 Å². The molecule has 0 bridgehead atoms. The number of rotatable bonds is 6. The molecule has 3 nitrogen and oxygen atoms in total. The third kappa shape index (κ3) is 4.48. The maximum atomic E-state index is 11.0. The molecule has 0 radical (unpaired) electrons. The quantitative estimate of drug-likeness (QED) is 0.548. The Morgan fingerprint density at radius 1 is 1.14 bits per heavy atom. The van der Waals surface area contributed by atoms with Crippen LogP contribution in [0.1, 0.15) is 15.9 Å². The van der Waals surface area contributed by atoms with Gasteiger partial charge in [-0.25, -0.2) is 0 Å². The first-order chi connectivity index (χ1) is 10.1. The molecule has 110 valence electrons. The summed E-state index contributed by atoms with van der Waals surface area (Å²) in [7, 11) is 0. The second-order valence-corrected chi connectivity index (χ2v) is 5.72. The van der Waals surface area contributed by atoms with Crippen LogP contribution in [0.2, 0.25) is 5.02 Å². The van der Waals surface area contributed by atoms with E-state index in [0.29, 0.717) is 40.3 Å². The highest BCUT2D eigenvalue weighted by atomic mass is 79.9. The van der Waals surface area contributed by atoms with Crippen LogP contribution in [0.5, 0.6) is 11.5 Å². The second-order valence-electron chi connectivity index (χ2n) is 4.43. The molecule has 0 fully saturated rings. The van der Waals surface area contributed by atoms with Gasteiger partial charge in [0.2, 0.25) is 0 Å². The molecule has 0 heterocycles. The van der Waals surface area contributed by atoms with E-state index < -0.39 is 0 Å². The summed E-state index contributed by atoms with van der Waals surface area (Å²) in [6, 6.07) is 11.0. The molecular weight excluding hydrogens is 356 g/mol. The largest absolute Gasteiger partial charge is 0.490 e. The molecular formula is C16H14BrClO3. The van der Waals surface area contributed by atoms with E-state index in [0.717, 1.165) is 5.75 Å². The van der Waals surface area contributed by atoms with Gasteiger partial charge in [0.05, 0.1) is 10.0 Å². The highest BCUT2D eigenvalue weighted by molar-refractivity contribution is 9.10. The molecule has 0 saturated heterocycles. The number of aryl methyl sites for hydroxylation is 1. The highest BCUT2D eigenvalue weighted by Crippen LogP contribution is 2.31. The molecule has 21 heavy (non-hydrogen) atoms. The first kappa shape index (κ1) is 15.9. The lowest BCUT2D eigenvalue weighted by Gasteiger charge is -2.12. The zero-order valence-electron chi connectivity index (χ0n) is 11.4. The molecule has 0 unspecified atom stereocenters. The molecule has 0 aliphatic rings. The molecule has 0 N–H and O–H groups in total. The molecule has 0 spiro atoms. The van der Waals surface area contributed by atoms with Gasteiger partial charge in [0.1, 0.15) is 24.7 Å². The van der Waals surface area contributed by atoms with Crippen molar-refractivity contribution in [2.24, 2.45) is 0 Å². The fraction of sp³-hybridized carbons (Fsp3) is 0.188. The standard InChI is InChI=1S/C16H14BrClO3/c1-11-2-4-14(5-3-11)20-6-7-21-16-12(10-19)8-13(18)9-15(16)17/h2-5,8-10H,6-7H2,1H3. The van der Waals surface area contributed by atoms with Crippen LogP contribution in [0.3, 0.4) is 0 Å². The SMILES string of the molecule is Cc1ccc(OCCOc2c(Br)cc(Cl)cc2C=O)cc1. The summed E-state index contributed by atoms with van der Waals surface area (Å²) in [5.74, 6) is 1.26. The molecule has 2 rings (SSSR count). The highest BCUT2D eigenvalue weighted by Gasteiger charge is 2.09. The molecule has 0 atom stereocenters. The van der Waals surface area contributed by atoms with Crippen LogP contribution in [-0.2, 0) is 0 Å². The van der Waals surface area contributed by atoms with Crippen LogP contribution in [0.4, 0.5) is 0 Å². The first-order valence-corrected chi connectivity index (χ1v) is 7.53. The zero-order valence-corrected chi connectivity index (χ0v) is 13.8. The van der Waals surface area contributed by atoms with E-state index in [9.17, 15) is 4.79 Å². The van der Waals surface area contributed by atoms with Crippen molar-refractivity contribution in [3.63, 3.8) is 0 Å². The molecule has 0 aromatic heterocycles. The number of hydrogen-bond donors (Lipinski definition) is 0. The van der Waals surface area contributed by atoms with Crippen molar-refractivity contribution < 1.29 is 14.3 Å². The van der Waals surface area contributed by atoms with Crippen molar-refractivity contribution in [1.29, 1.82) is 0 Å². The summed E-state index contributed by atoms with van der Waals surface area (Å²) >= 11 is 9.22. The topological polar surface area (TPSA) is 35.5 Å². The van der Waals surface area contributed by atoms with Crippen molar-refractivity contribution >= 4 is 33.8 Å². The normalized spacial score (nSPS) is 10.2. The fourth-order valence-corrected chi connectivity index (χ4v) is 2.71. The number of benzene rings is 2. The Kier molecular flexibility index (Phi) is 5.65. The van der Waals surface area contributed by atoms with Crippen molar-refractivity contribution in [2.45, 2.75) is 6.92 Å². The predicted octanol–water partition coefficient (Wildman–Crippen LogP) is 4.68. The summed E-state index contributed by atoms with van der Waals surface area (Å²) in [4.78, 5) is 11.0. The number of ether oxygens (including phenoxy) is 2. The lowest BCUT2D eigenvalue weighted by Crippen LogP contribution is -2.10. The number of aldehydes is 1. The van der Waals surface area contributed by atoms with Gasteiger partial charge in [-0.1, -0.05) is 29.3 Å². The Bertz CT molecular complexity index is 626. The molecule has 2 aromatic carbocycles. The Balaban J connectivity index is 1.91. The minimum Gasteiger partial charge on any atom is -0.490 e. The number of carbonyl (C=O) groups excluding carboxylic acids is 1. The van der Waals surface area contributed by atoms with Crippen LogP contribution in [0.15, 0.2) is 40.9 Å². The van der Waals surface area contributed by atoms with Gasteiger partial charge in [0, 0.05) is 5.02 Å². The van der Waals surface area contributed by atoms with E-state index in [1.807, 2.05) is 31.2 Å². The summed E-state index contributed by atoms with van der Waals surface area (Å²) in [6.07, 6.45) is 0.715.